The molecule has 0 heterocycles. The van der Waals surface area contributed by atoms with Crippen molar-refractivity contribution in [1.29, 1.82) is 0 Å². The summed E-state index contributed by atoms with van der Waals surface area (Å²) in [5.74, 6) is -0.701. The molecule has 10 heteroatoms. The highest BCUT2D eigenvalue weighted by Gasteiger charge is 2.33. The maximum Gasteiger partial charge on any atom is 0.243 e. The van der Waals surface area contributed by atoms with Crippen LogP contribution in [0.25, 0.3) is 0 Å². The number of hydrogen-bond donors (Lipinski definition) is 1. The molecule has 43 heavy (non-hydrogen) atoms. The molecular formula is C33H40FN3O5S. The summed E-state index contributed by atoms with van der Waals surface area (Å²) in [5, 5.41) is 3.14. The number of methoxy groups -OCH3 is 1. The Labute approximate surface area is 253 Å². The Hall–Kier alpha value is -3.92. The summed E-state index contributed by atoms with van der Waals surface area (Å²) in [4.78, 5) is 29.2. The number of sulfonamides is 1. The summed E-state index contributed by atoms with van der Waals surface area (Å²) in [6, 6.07) is 21.6. The molecule has 0 unspecified atom stereocenters. The molecule has 3 aromatic rings. The highest BCUT2D eigenvalue weighted by Crippen LogP contribution is 2.30. The zero-order valence-corrected chi connectivity index (χ0v) is 25.6. The molecule has 1 N–H and O–H groups in total. The molecule has 1 fully saturated rings. The van der Waals surface area contributed by atoms with E-state index in [2.05, 4.69) is 5.32 Å². The third-order valence-corrected chi connectivity index (χ3v) is 8.96. The Morgan fingerprint density at radius 2 is 1.63 bits per heavy atom. The maximum absolute atomic E-state index is 14.9. The third kappa shape index (κ3) is 8.79. The first kappa shape index (κ1) is 32.0. The Kier molecular flexibility index (Phi) is 11.2. The minimum Gasteiger partial charge on any atom is -0.495 e. The van der Waals surface area contributed by atoms with E-state index in [4.69, 9.17) is 4.74 Å². The number of benzene rings is 3. The molecule has 0 bridgehead atoms. The number of nitrogens with one attached hydrogen (secondary N) is 1. The molecule has 1 saturated carbocycles. The summed E-state index contributed by atoms with van der Waals surface area (Å²) in [6.45, 7) is -0.0699. The number of rotatable bonds is 14. The standard InChI is InChI=1S/C33H40FN3O5S/c1-42-31-20-11-10-19-29(31)37(43(2,40)41)22-12-21-32(38)36(24-26-15-6-9-18-28(26)34)30(23-25-13-4-3-5-14-25)33(39)35-27-16-7-8-17-27/h3-6,9-11,13-15,18-20,27,30H,7-8,12,16-17,21-24H2,1-2H3,(H,35,39)/t30-/m1/s1. The second-order valence-corrected chi connectivity index (χ2v) is 12.8. The lowest BCUT2D eigenvalue weighted by Crippen LogP contribution is -2.52. The largest absolute Gasteiger partial charge is 0.495 e. The monoisotopic (exact) mass is 609 g/mol. The van der Waals surface area contributed by atoms with Crippen molar-refractivity contribution in [2.45, 2.75) is 63.6 Å². The SMILES string of the molecule is COc1ccccc1N(CCCC(=O)N(Cc1ccccc1F)[C@H](Cc1ccccc1)C(=O)NC1CCCC1)S(C)(=O)=O. The van der Waals surface area contributed by atoms with E-state index in [1.807, 2.05) is 30.3 Å². The predicted molar refractivity (Wildman–Crippen MR) is 166 cm³/mol. The van der Waals surface area contributed by atoms with Gasteiger partial charge in [0.25, 0.3) is 0 Å². The first-order chi connectivity index (χ1) is 20.7. The van der Waals surface area contributed by atoms with Crippen LogP contribution < -0.4 is 14.4 Å². The lowest BCUT2D eigenvalue weighted by molar-refractivity contribution is -0.141. The number of amides is 2. The molecule has 230 valence electrons. The van der Waals surface area contributed by atoms with Crippen LogP contribution in [0, 0.1) is 5.82 Å². The minimum absolute atomic E-state index is 0.0239. The molecule has 4 rings (SSSR count). The molecule has 1 aliphatic carbocycles. The van der Waals surface area contributed by atoms with Gasteiger partial charge in [0.15, 0.2) is 0 Å². The number of carbonyl (C=O) groups excluding carboxylic acids is 2. The van der Waals surface area contributed by atoms with E-state index in [1.54, 1.807) is 42.5 Å². The van der Waals surface area contributed by atoms with Gasteiger partial charge in [0.05, 0.1) is 19.1 Å². The van der Waals surface area contributed by atoms with Crippen molar-refractivity contribution in [3.63, 3.8) is 0 Å². The summed E-state index contributed by atoms with van der Waals surface area (Å²) < 4.78 is 46.9. The summed E-state index contributed by atoms with van der Waals surface area (Å²) in [7, 11) is -2.23. The summed E-state index contributed by atoms with van der Waals surface area (Å²) in [5.41, 5.74) is 1.55. The number of nitrogens with zero attached hydrogens (tertiary/aromatic N) is 2. The van der Waals surface area contributed by atoms with E-state index in [0.29, 0.717) is 17.0 Å². The van der Waals surface area contributed by atoms with Gasteiger partial charge in [-0.2, -0.15) is 0 Å². The molecule has 2 amide bonds. The van der Waals surface area contributed by atoms with Crippen molar-refractivity contribution in [2.24, 2.45) is 0 Å². The third-order valence-electron chi connectivity index (χ3n) is 7.78. The van der Waals surface area contributed by atoms with Gasteiger partial charge >= 0.3 is 0 Å². The summed E-state index contributed by atoms with van der Waals surface area (Å²) >= 11 is 0. The molecule has 0 radical (unpaired) electrons. The van der Waals surface area contributed by atoms with Gasteiger partial charge < -0.3 is 15.0 Å². The lowest BCUT2D eigenvalue weighted by Gasteiger charge is -2.33. The zero-order valence-electron chi connectivity index (χ0n) is 24.7. The van der Waals surface area contributed by atoms with E-state index in [0.717, 1.165) is 37.5 Å². The van der Waals surface area contributed by atoms with E-state index in [1.165, 1.54) is 22.4 Å². The quantitative estimate of drug-likeness (QED) is 0.275. The van der Waals surface area contributed by atoms with Crippen molar-refractivity contribution in [2.75, 3.05) is 24.2 Å². The number of ether oxygens (including phenoxy) is 1. The highest BCUT2D eigenvalue weighted by molar-refractivity contribution is 7.92. The Morgan fingerprint density at radius 1 is 0.977 bits per heavy atom. The Balaban J connectivity index is 1.60. The van der Waals surface area contributed by atoms with E-state index < -0.39 is 21.9 Å². The molecule has 1 aliphatic rings. The average molecular weight is 610 g/mol. The number of anilines is 1. The molecule has 0 aliphatic heterocycles. The smallest absolute Gasteiger partial charge is 0.243 e. The van der Waals surface area contributed by atoms with Gasteiger partial charge in [-0.3, -0.25) is 13.9 Å². The van der Waals surface area contributed by atoms with Crippen LogP contribution >= 0.6 is 0 Å². The van der Waals surface area contributed by atoms with Crippen LogP contribution in [0.1, 0.15) is 49.7 Å². The van der Waals surface area contributed by atoms with Crippen LogP contribution in [0.15, 0.2) is 78.9 Å². The van der Waals surface area contributed by atoms with Crippen LogP contribution in [-0.2, 0) is 32.6 Å². The number of hydrogen-bond acceptors (Lipinski definition) is 5. The van der Waals surface area contributed by atoms with E-state index >= 15 is 0 Å². The number of carbonyl (C=O) groups is 2. The lowest BCUT2D eigenvalue weighted by atomic mass is 10.0. The second kappa shape index (κ2) is 15.0. The van der Waals surface area contributed by atoms with Gasteiger partial charge in [0.1, 0.15) is 17.6 Å². The maximum atomic E-state index is 14.9. The molecule has 0 aromatic heterocycles. The van der Waals surface area contributed by atoms with Gasteiger partial charge in [-0.25, -0.2) is 12.8 Å². The van der Waals surface area contributed by atoms with Crippen LogP contribution in [0.2, 0.25) is 0 Å². The average Bonchev–Trinajstić information content (AvgIpc) is 3.51. The van der Waals surface area contributed by atoms with E-state index in [9.17, 15) is 22.4 Å². The van der Waals surface area contributed by atoms with Gasteiger partial charge in [-0.15, -0.1) is 0 Å². The summed E-state index contributed by atoms with van der Waals surface area (Å²) in [6.07, 6.45) is 5.35. The van der Waals surface area contributed by atoms with Crippen molar-refractivity contribution in [3.05, 3.63) is 95.8 Å². The van der Waals surface area contributed by atoms with Gasteiger partial charge in [0.2, 0.25) is 21.8 Å². The zero-order chi connectivity index (χ0) is 30.8. The molecule has 1 atom stereocenters. The van der Waals surface area contributed by atoms with E-state index in [-0.39, 0.29) is 50.2 Å². The van der Waals surface area contributed by atoms with Crippen molar-refractivity contribution in [1.82, 2.24) is 10.2 Å². The second-order valence-electron chi connectivity index (χ2n) is 10.9. The normalized spacial score (nSPS) is 14.2. The van der Waals surface area contributed by atoms with Gasteiger partial charge in [-0.05, 0) is 43.0 Å². The first-order valence-corrected chi connectivity index (χ1v) is 16.5. The Bertz CT molecular complexity index is 1480. The predicted octanol–water partition coefficient (Wildman–Crippen LogP) is 5.08. The van der Waals surface area contributed by atoms with Crippen molar-refractivity contribution in [3.8, 4) is 5.75 Å². The minimum atomic E-state index is -3.69. The Morgan fingerprint density at radius 3 is 2.30 bits per heavy atom. The van der Waals surface area contributed by atoms with Crippen LogP contribution in [0.4, 0.5) is 10.1 Å². The first-order valence-electron chi connectivity index (χ1n) is 14.6. The van der Waals surface area contributed by atoms with Crippen LogP contribution in [0.5, 0.6) is 5.75 Å². The van der Waals surface area contributed by atoms with Crippen LogP contribution in [0.3, 0.4) is 0 Å². The molecular weight excluding hydrogens is 569 g/mol. The molecule has 8 nitrogen and oxygen atoms in total. The number of para-hydroxylation sites is 2. The van der Waals surface area contributed by atoms with Crippen LogP contribution in [-0.4, -0.2) is 57.1 Å². The molecule has 0 spiro atoms. The molecule has 0 saturated heterocycles. The van der Waals surface area contributed by atoms with Gasteiger partial charge in [-0.1, -0.05) is 73.5 Å². The molecule has 3 aromatic carbocycles. The fourth-order valence-corrected chi connectivity index (χ4v) is 6.52. The fraction of sp³-hybridized carbons (Fsp3) is 0.394. The van der Waals surface area contributed by atoms with Crippen molar-refractivity contribution < 1.29 is 27.1 Å². The topological polar surface area (TPSA) is 96.0 Å². The van der Waals surface area contributed by atoms with Crippen molar-refractivity contribution >= 4 is 27.5 Å². The van der Waals surface area contributed by atoms with Gasteiger partial charge in [0, 0.05) is 37.5 Å². The fourth-order valence-electron chi connectivity index (χ4n) is 5.55. The number of halogens is 1. The highest BCUT2D eigenvalue weighted by atomic mass is 32.2.